The standard InChI is InChI=1S/C17H28BNO7/c1-15(2)16(3,4)26-18(25-15)8-6-12-10-17(7-9-20,13(21)24-5)19(11-12)14(22)23/h9,12H,6-8,10-11H2,1-5H3,(H,22,23). The summed E-state index contributed by atoms with van der Waals surface area (Å²) in [4.78, 5) is 36.1. The van der Waals surface area contributed by atoms with Crippen molar-refractivity contribution in [2.75, 3.05) is 13.7 Å². The molecule has 2 aliphatic heterocycles. The summed E-state index contributed by atoms with van der Waals surface area (Å²) in [5.41, 5.74) is -2.29. The molecule has 0 radical (unpaired) electrons. The highest BCUT2D eigenvalue weighted by Crippen LogP contribution is 2.41. The Morgan fingerprint density at radius 2 is 1.85 bits per heavy atom. The fourth-order valence-electron chi connectivity index (χ4n) is 3.79. The molecule has 0 bridgehead atoms. The molecule has 0 saturated carbocycles. The minimum atomic E-state index is -1.44. The Kier molecular flexibility index (Phi) is 5.73. The third-order valence-electron chi connectivity index (χ3n) is 5.91. The van der Waals surface area contributed by atoms with Crippen molar-refractivity contribution < 1.29 is 33.5 Å². The molecular weight excluding hydrogens is 341 g/mol. The van der Waals surface area contributed by atoms with E-state index in [1.807, 2.05) is 27.7 Å². The first-order valence-electron chi connectivity index (χ1n) is 8.87. The number of carboxylic acid groups (broad SMARTS) is 1. The summed E-state index contributed by atoms with van der Waals surface area (Å²) in [6.45, 7) is 8.07. The number of carbonyl (C=O) groups is 3. The summed E-state index contributed by atoms with van der Waals surface area (Å²) < 4.78 is 16.7. The number of hydrogen-bond donors (Lipinski definition) is 1. The number of hydrogen-bond acceptors (Lipinski definition) is 6. The second kappa shape index (κ2) is 7.19. The van der Waals surface area contributed by atoms with Crippen LogP contribution in [0.2, 0.25) is 6.32 Å². The molecule has 146 valence electrons. The van der Waals surface area contributed by atoms with E-state index < -0.39 is 28.8 Å². The van der Waals surface area contributed by atoms with Crippen LogP contribution in [0.3, 0.4) is 0 Å². The third-order valence-corrected chi connectivity index (χ3v) is 5.91. The molecule has 0 spiro atoms. The second-order valence-corrected chi connectivity index (χ2v) is 8.12. The molecule has 0 aromatic heterocycles. The van der Waals surface area contributed by atoms with E-state index in [1.165, 1.54) is 7.11 Å². The molecule has 2 rings (SSSR count). The van der Waals surface area contributed by atoms with E-state index in [2.05, 4.69) is 0 Å². The van der Waals surface area contributed by atoms with Crippen molar-refractivity contribution in [2.45, 2.75) is 70.0 Å². The number of methoxy groups -OCH3 is 1. The molecular formula is C17H28BNO7. The highest BCUT2D eigenvalue weighted by molar-refractivity contribution is 6.45. The second-order valence-electron chi connectivity index (χ2n) is 8.12. The number of ether oxygens (including phenoxy) is 1. The summed E-state index contributed by atoms with van der Waals surface area (Å²) >= 11 is 0. The van der Waals surface area contributed by atoms with Crippen molar-refractivity contribution in [3.8, 4) is 0 Å². The van der Waals surface area contributed by atoms with E-state index in [9.17, 15) is 19.5 Å². The molecule has 2 aliphatic rings. The number of rotatable bonds is 6. The average molecular weight is 369 g/mol. The van der Waals surface area contributed by atoms with Gasteiger partial charge in [-0.1, -0.05) is 6.42 Å². The fraction of sp³-hybridized carbons (Fsp3) is 0.824. The van der Waals surface area contributed by atoms with Gasteiger partial charge < -0.3 is 23.9 Å². The van der Waals surface area contributed by atoms with Crippen molar-refractivity contribution in [1.29, 1.82) is 0 Å². The van der Waals surface area contributed by atoms with E-state index in [0.29, 0.717) is 19.0 Å². The van der Waals surface area contributed by atoms with Crippen LogP contribution in [0.1, 0.15) is 47.0 Å². The number of aldehydes is 1. The monoisotopic (exact) mass is 369 g/mol. The SMILES string of the molecule is COC(=O)C1(CC=O)CC(CCB2OC(C)(C)C(C)(C)O2)CN1C(=O)O. The van der Waals surface area contributed by atoms with Crippen LogP contribution in [0.15, 0.2) is 0 Å². The first-order valence-corrected chi connectivity index (χ1v) is 8.87. The Hall–Kier alpha value is -1.61. The van der Waals surface area contributed by atoms with E-state index in [4.69, 9.17) is 14.0 Å². The van der Waals surface area contributed by atoms with Gasteiger partial charge in [-0.3, -0.25) is 4.90 Å². The average Bonchev–Trinajstić information content (AvgIpc) is 3.00. The lowest BCUT2D eigenvalue weighted by molar-refractivity contribution is -0.153. The zero-order chi connectivity index (χ0) is 19.8. The number of esters is 1. The molecule has 9 heteroatoms. The summed E-state index contributed by atoms with van der Waals surface area (Å²) in [6.07, 6.45) is 0.601. The molecule has 2 fully saturated rings. The number of likely N-dealkylation sites (tertiary alicyclic amines) is 1. The van der Waals surface area contributed by atoms with Crippen molar-refractivity contribution in [3.05, 3.63) is 0 Å². The summed E-state index contributed by atoms with van der Waals surface area (Å²) in [5.74, 6) is -0.769. The lowest BCUT2D eigenvalue weighted by atomic mass is 9.78. The van der Waals surface area contributed by atoms with Gasteiger partial charge in [0.05, 0.1) is 18.3 Å². The van der Waals surface area contributed by atoms with Gasteiger partial charge in [0, 0.05) is 13.0 Å². The van der Waals surface area contributed by atoms with Gasteiger partial charge in [-0.15, -0.1) is 0 Å². The first kappa shape index (κ1) is 20.7. The molecule has 1 amide bonds. The zero-order valence-corrected chi connectivity index (χ0v) is 16.1. The lowest BCUT2D eigenvalue weighted by Crippen LogP contribution is -2.53. The van der Waals surface area contributed by atoms with Gasteiger partial charge in [-0.05, 0) is 46.4 Å². The summed E-state index contributed by atoms with van der Waals surface area (Å²) in [6, 6.07) is 0. The molecule has 2 saturated heterocycles. The van der Waals surface area contributed by atoms with Crippen molar-refractivity contribution in [3.63, 3.8) is 0 Å². The molecule has 2 heterocycles. The molecule has 1 N–H and O–H groups in total. The number of amides is 1. The molecule has 0 aromatic rings. The van der Waals surface area contributed by atoms with Crippen LogP contribution >= 0.6 is 0 Å². The van der Waals surface area contributed by atoms with E-state index >= 15 is 0 Å². The normalized spacial score (nSPS) is 29.7. The van der Waals surface area contributed by atoms with Gasteiger partial charge in [0.25, 0.3) is 0 Å². The Morgan fingerprint density at radius 3 is 2.31 bits per heavy atom. The maximum absolute atomic E-state index is 12.3. The minimum absolute atomic E-state index is 0.0795. The van der Waals surface area contributed by atoms with Gasteiger partial charge in [0.2, 0.25) is 0 Å². The van der Waals surface area contributed by atoms with Gasteiger partial charge in [-0.2, -0.15) is 0 Å². The minimum Gasteiger partial charge on any atom is -0.467 e. The highest BCUT2D eigenvalue weighted by Gasteiger charge is 2.55. The topological polar surface area (TPSA) is 102 Å². The summed E-state index contributed by atoms with van der Waals surface area (Å²) in [7, 11) is 0.824. The molecule has 0 aliphatic carbocycles. The van der Waals surface area contributed by atoms with Crippen LogP contribution in [0, 0.1) is 5.92 Å². The molecule has 26 heavy (non-hydrogen) atoms. The van der Waals surface area contributed by atoms with Crippen molar-refractivity contribution >= 4 is 25.5 Å². The largest absolute Gasteiger partial charge is 0.467 e. The van der Waals surface area contributed by atoms with Gasteiger partial charge in [-0.25, -0.2) is 9.59 Å². The Bertz CT molecular complexity index is 563. The number of nitrogens with zero attached hydrogens (tertiary/aromatic N) is 1. The van der Waals surface area contributed by atoms with Gasteiger partial charge in [0.1, 0.15) is 6.29 Å². The van der Waals surface area contributed by atoms with E-state index in [-0.39, 0.29) is 32.4 Å². The first-order chi connectivity index (χ1) is 12.0. The molecule has 2 unspecified atom stereocenters. The quantitative estimate of drug-likeness (QED) is 0.434. The molecule has 8 nitrogen and oxygen atoms in total. The van der Waals surface area contributed by atoms with Crippen LogP contribution in [0.4, 0.5) is 4.79 Å². The lowest BCUT2D eigenvalue weighted by Gasteiger charge is -2.32. The van der Waals surface area contributed by atoms with E-state index in [0.717, 1.165) is 4.90 Å². The predicted molar refractivity (Wildman–Crippen MR) is 93.8 cm³/mol. The third kappa shape index (κ3) is 3.60. The Labute approximate surface area is 154 Å². The predicted octanol–water partition coefficient (Wildman–Crippen LogP) is 1.97. The maximum atomic E-state index is 12.3. The Morgan fingerprint density at radius 1 is 1.27 bits per heavy atom. The maximum Gasteiger partial charge on any atom is 0.457 e. The zero-order valence-electron chi connectivity index (χ0n) is 16.1. The van der Waals surface area contributed by atoms with Crippen LogP contribution in [-0.2, 0) is 23.6 Å². The van der Waals surface area contributed by atoms with Crippen LogP contribution in [0.5, 0.6) is 0 Å². The smallest absolute Gasteiger partial charge is 0.457 e. The highest BCUT2D eigenvalue weighted by atomic mass is 16.7. The van der Waals surface area contributed by atoms with Crippen LogP contribution in [0.25, 0.3) is 0 Å². The fourth-order valence-corrected chi connectivity index (χ4v) is 3.79. The molecule has 0 aromatic carbocycles. The van der Waals surface area contributed by atoms with Gasteiger partial charge >= 0.3 is 19.2 Å². The van der Waals surface area contributed by atoms with Crippen LogP contribution in [-0.4, -0.2) is 65.9 Å². The van der Waals surface area contributed by atoms with Gasteiger partial charge in [0.15, 0.2) is 5.54 Å². The van der Waals surface area contributed by atoms with E-state index in [1.54, 1.807) is 0 Å². The van der Waals surface area contributed by atoms with Crippen LogP contribution < -0.4 is 0 Å². The molecule has 2 atom stereocenters. The number of carbonyl (C=O) groups excluding carboxylic acids is 2. The van der Waals surface area contributed by atoms with Crippen molar-refractivity contribution in [2.24, 2.45) is 5.92 Å². The Balaban J connectivity index is 2.07. The summed E-state index contributed by atoms with van der Waals surface area (Å²) in [5, 5.41) is 9.51. The van der Waals surface area contributed by atoms with Crippen molar-refractivity contribution in [1.82, 2.24) is 4.90 Å².